The van der Waals surface area contributed by atoms with Crippen molar-refractivity contribution in [3.05, 3.63) is 12.2 Å². The van der Waals surface area contributed by atoms with Gasteiger partial charge in [0.05, 0.1) is 12.3 Å². The van der Waals surface area contributed by atoms with Crippen LogP contribution in [0.25, 0.3) is 0 Å². The second-order valence-corrected chi connectivity index (χ2v) is 2.85. The molecule has 0 spiro atoms. The second-order valence-electron chi connectivity index (χ2n) is 2.85. The maximum Gasteiger partial charge on any atom is 0.308 e. The number of fused-ring (bicyclic) bond motifs is 1. The quantitative estimate of drug-likeness (QED) is 0.423. The highest BCUT2D eigenvalue weighted by atomic mass is 16.8. The van der Waals surface area contributed by atoms with Gasteiger partial charge in [0, 0.05) is 7.11 Å². The first-order valence-corrected chi connectivity index (χ1v) is 3.85. The van der Waals surface area contributed by atoms with Gasteiger partial charge in [-0.2, -0.15) is 0 Å². The molecule has 66 valence electrons. The molecule has 0 saturated carbocycles. The van der Waals surface area contributed by atoms with Crippen molar-refractivity contribution in [3.63, 3.8) is 0 Å². The number of rotatable bonds is 1. The van der Waals surface area contributed by atoms with Crippen molar-refractivity contribution < 1.29 is 19.0 Å². The monoisotopic (exact) mass is 170 g/mol. The third kappa shape index (κ3) is 1.23. The summed E-state index contributed by atoms with van der Waals surface area (Å²) in [5.41, 5.74) is 0. The van der Waals surface area contributed by atoms with Gasteiger partial charge in [0.2, 0.25) is 6.29 Å². The van der Waals surface area contributed by atoms with Gasteiger partial charge in [-0.1, -0.05) is 6.08 Å². The Morgan fingerprint density at radius 3 is 3.17 bits per heavy atom. The molecule has 0 aromatic carbocycles. The molecule has 0 aromatic rings. The number of carbonyl (C=O) groups excluding carboxylic acids is 1. The molecule has 0 radical (unpaired) electrons. The van der Waals surface area contributed by atoms with E-state index in [2.05, 4.69) is 0 Å². The lowest BCUT2D eigenvalue weighted by Gasteiger charge is -2.24. The van der Waals surface area contributed by atoms with Crippen LogP contribution < -0.4 is 0 Å². The lowest BCUT2D eigenvalue weighted by molar-refractivity contribution is -0.217. The van der Waals surface area contributed by atoms with Gasteiger partial charge >= 0.3 is 5.97 Å². The zero-order chi connectivity index (χ0) is 8.55. The van der Waals surface area contributed by atoms with E-state index in [4.69, 9.17) is 14.2 Å². The minimum Gasteiger partial charge on any atom is -0.435 e. The maximum atomic E-state index is 10.8. The van der Waals surface area contributed by atoms with E-state index in [1.165, 1.54) is 0 Å². The van der Waals surface area contributed by atoms with E-state index >= 15 is 0 Å². The first-order valence-electron chi connectivity index (χ1n) is 3.85. The Morgan fingerprint density at radius 2 is 2.42 bits per heavy atom. The average molecular weight is 170 g/mol. The average Bonchev–Trinajstić information content (AvgIpc) is 2.43. The summed E-state index contributed by atoms with van der Waals surface area (Å²) in [4.78, 5) is 10.8. The predicted octanol–water partition coefficient (Wildman–Crippen LogP) is 0.435. The van der Waals surface area contributed by atoms with Crippen molar-refractivity contribution in [2.75, 3.05) is 7.11 Å². The van der Waals surface area contributed by atoms with Crippen LogP contribution in [0.4, 0.5) is 0 Å². The van der Waals surface area contributed by atoms with E-state index in [1.54, 1.807) is 13.2 Å². The normalized spacial score (nSPS) is 39.4. The fourth-order valence-electron chi connectivity index (χ4n) is 1.39. The largest absolute Gasteiger partial charge is 0.435 e. The third-order valence-electron chi connectivity index (χ3n) is 2.02. The lowest BCUT2D eigenvalue weighted by atomic mass is 10.1. The number of ether oxygens (including phenoxy) is 3. The summed E-state index contributed by atoms with van der Waals surface area (Å²) in [6, 6.07) is 0. The standard InChI is InChI=1S/C8H10O4/c1-10-7-3-2-5-4-6(9)11-8(5)12-7/h2-3,5,7-8H,4H2,1H3/t5-,7-,8-/m1/s1. The van der Waals surface area contributed by atoms with Crippen molar-refractivity contribution in [3.8, 4) is 0 Å². The summed E-state index contributed by atoms with van der Waals surface area (Å²) in [7, 11) is 1.55. The van der Waals surface area contributed by atoms with E-state index in [0.29, 0.717) is 6.42 Å². The molecule has 2 aliphatic rings. The van der Waals surface area contributed by atoms with Crippen LogP contribution in [-0.4, -0.2) is 25.7 Å². The summed E-state index contributed by atoms with van der Waals surface area (Å²) < 4.78 is 15.1. The molecule has 0 bridgehead atoms. The van der Waals surface area contributed by atoms with Crippen LogP contribution in [0.5, 0.6) is 0 Å². The van der Waals surface area contributed by atoms with Gasteiger partial charge in [-0.15, -0.1) is 0 Å². The van der Waals surface area contributed by atoms with E-state index < -0.39 is 6.29 Å². The molecule has 0 N–H and O–H groups in total. The van der Waals surface area contributed by atoms with Crippen LogP contribution >= 0.6 is 0 Å². The Bertz CT molecular complexity index is 223. The number of methoxy groups -OCH3 is 1. The molecule has 4 heteroatoms. The van der Waals surface area contributed by atoms with Gasteiger partial charge in [0.1, 0.15) is 0 Å². The Labute approximate surface area is 70.1 Å². The van der Waals surface area contributed by atoms with Crippen LogP contribution in [0.1, 0.15) is 6.42 Å². The van der Waals surface area contributed by atoms with Crippen molar-refractivity contribution in [1.29, 1.82) is 0 Å². The highest BCUT2D eigenvalue weighted by Crippen LogP contribution is 2.29. The predicted molar refractivity (Wildman–Crippen MR) is 39.0 cm³/mol. The molecule has 0 aromatic heterocycles. The molecular weight excluding hydrogens is 160 g/mol. The SMILES string of the molecule is CO[C@H]1C=C[C@@H]2CC(=O)O[C@@H]2O1. The summed E-state index contributed by atoms with van der Waals surface area (Å²) in [5, 5.41) is 0. The summed E-state index contributed by atoms with van der Waals surface area (Å²) in [6.45, 7) is 0. The Balaban J connectivity index is 2.07. The van der Waals surface area contributed by atoms with Gasteiger partial charge in [0.25, 0.3) is 0 Å². The maximum absolute atomic E-state index is 10.8. The number of esters is 1. The van der Waals surface area contributed by atoms with Crippen LogP contribution in [0.3, 0.4) is 0 Å². The van der Waals surface area contributed by atoms with Crippen LogP contribution in [0.2, 0.25) is 0 Å². The first kappa shape index (κ1) is 7.76. The molecule has 12 heavy (non-hydrogen) atoms. The molecular formula is C8H10O4. The number of hydrogen-bond acceptors (Lipinski definition) is 4. The molecule has 2 aliphatic heterocycles. The fourth-order valence-corrected chi connectivity index (χ4v) is 1.39. The van der Waals surface area contributed by atoms with Crippen molar-refractivity contribution >= 4 is 5.97 Å². The molecule has 2 rings (SSSR count). The minimum atomic E-state index is -0.438. The summed E-state index contributed by atoms with van der Waals surface area (Å²) in [6.07, 6.45) is 3.30. The van der Waals surface area contributed by atoms with E-state index in [0.717, 1.165) is 0 Å². The molecule has 0 amide bonds. The topological polar surface area (TPSA) is 44.8 Å². The van der Waals surface area contributed by atoms with Crippen molar-refractivity contribution in [2.24, 2.45) is 5.92 Å². The zero-order valence-corrected chi connectivity index (χ0v) is 6.73. The van der Waals surface area contributed by atoms with Gasteiger partial charge in [-0.25, -0.2) is 0 Å². The minimum absolute atomic E-state index is 0.0731. The second kappa shape index (κ2) is 2.88. The van der Waals surface area contributed by atoms with Crippen molar-refractivity contribution in [1.82, 2.24) is 0 Å². The Hall–Kier alpha value is -0.870. The van der Waals surface area contributed by atoms with Gasteiger partial charge in [-0.05, 0) is 6.08 Å². The van der Waals surface area contributed by atoms with Gasteiger partial charge in [-0.3, -0.25) is 4.79 Å². The summed E-state index contributed by atoms with van der Waals surface area (Å²) >= 11 is 0. The van der Waals surface area contributed by atoms with Gasteiger partial charge in [0.15, 0.2) is 6.29 Å². The van der Waals surface area contributed by atoms with Crippen LogP contribution in [0.15, 0.2) is 12.2 Å². The first-order chi connectivity index (χ1) is 5.79. The molecule has 0 unspecified atom stereocenters. The molecule has 1 saturated heterocycles. The van der Waals surface area contributed by atoms with E-state index in [9.17, 15) is 4.79 Å². The van der Waals surface area contributed by atoms with E-state index in [-0.39, 0.29) is 18.2 Å². The van der Waals surface area contributed by atoms with E-state index in [1.807, 2.05) is 6.08 Å². The summed E-state index contributed by atoms with van der Waals surface area (Å²) in [5.74, 6) is -0.129. The smallest absolute Gasteiger partial charge is 0.308 e. The number of carbonyl (C=O) groups is 1. The van der Waals surface area contributed by atoms with Crippen molar-refractivity contribution in [2.45, 2.75) is 19.0 Å². The molecule has 1 fully saturated rings. The highest BCUT2D eigenvalue weighted by Gasteiger charge is 2.37. The molecule has 2 heterocycles. The molecule has 4 nitrogen and oxygen atoms in total. The Morgan fingerprint density at radius 1 is 1.58 bits per heavy atom. The lowest BCUT2D eigenvalue weighted by Crippen LogP contribution is -2.29. The molecule has 0 aliphatic carbocycles. The Kier molecular flexibility index (Phi) is 1.86. The number of hydrogen-bond donors (Lipinski definition) is 0. The van der Waals surface area contributed by atoms with Crippen LogP contribution in [0, 0.1) is 5.92 Å². The highest BCUT2D eigenvalue weighted by molar-refractivity contribution is 5.72. The van der Waals surface area contributed by atoms with Crippen LogP contribution in [-0.2, 0) is 19.0 Å². The zero-order valence-electron chi connectivity index (χ0n) is 6.73. The third-order valence-corrected chi connectivity index (χ3v) is 2.02. The molecule has 3 atom stereocenters. The fraction of sp³-hybridized carbons (Fsp3) is 0.625. The van der Waals surface area contributed by atoms with Gasteiger partial charge < -0.3 is 14.2 Å².